The predicted molar refractivity (Wildman–Crippen MR) is 94.1 cm³/mol. The van der Waals surface area contributed by atoms with Gasteiger partial charge in [0.15, 0.2) is 11.2 Å². The molecule has 5 nitrogen and oxygen atoms in total. The molecule has 2 aromatic carbocycles. The highest BCUT2D eigenvalue weighted by atomic mass is 35.5. The first kappa shape index (κ1) is 14.7. The Labute approximate surface area is 142 Å². The number of halogens is 1. The van der Waals surface area contributed by atoms with Gasteiger partial charge in [-0.25, -0.2) is 4.98 Å². The third kappa shape index (κ3) is 2.70. The summed E-state index contributed by atoms with van der Waals surface area (Å²) in [6.45, 7) is 0.540. The Bertz CT molecular complexity index is 1050. The van der Waals surface area contributed by atoms with Gasteiger partial charge in [-0.1, -0.05) is 54.6 Å². The number of rotatable bonds is 3. The van der Waals surface area contributed by atoms with Crippen LogP contribution in [0.1, 0.15) is 5.56 Å². The van der Waals surface area contributed by atoms with Gasteiger partial charge in [0.25, 0.3) is 5.56 Å². The number of nitrogens with one attached hydrogen (secondary N) is 1. The molecular formula is C18H13ClN4O. The van der Waals surface area contributed by atoms with Crippen molar-refractivity contribution in [2.75, 3.05) is 0 Å². The third-order valence-electron chi connectivity index (χ3n) is 3.87. The second-order valence-electron chi connectivity index (χ2n) is 5.46. The van der Waals surface area contributed by atoms with Gasteiger partial charge in [0.05, 0.1) is 6.33 Å². The number of benzene rings is 2. The number of nitrogens with zero attached hydrogens (tertiary/aromatic N) is 3. The highest BCUT2D eigenvalue weighted by Gasteiger charge is 2.10. The Hall–Kier alpha value is -2.92. The maximum Gasteiger partial charge on any atom is 0.278 e. The quantitative estimate of drug-likeness (QED) is 0.582. The van der Waals surface area contributed by atoms with E-state index in [0.29, 0.717) is 17.7 Å². The van der Waals surface area contributed by atoms with Crippen molar-refractivity contribution < 1.29 is 0 Å². The van der Waals surface area contributed by atoms with Gasteiger partial charge >= 0.3 is 0 Å². The number of fused-ring (bicyclic) bond motifs is 1. The second kappa shape index (κ2) is 5.94. The van der Waals surface area contributed by atoms with Gasteiger partial charge in [0, 0.05) is 6.54 Å². The van der Waals surface area contributed by atoms with Crippen LogP contribution in [-0.2, 0) is 6.54 Å². The summed E-state index contributed by atoms with van der Waals surface area (Å²) in [6.07, 6.45) is 1.61. The number of hydrogen-bond donors (Lipinski definition) is 1. The third-order valence-corrected chi connectivity index (χ3v) is 4.05. The topological polar surface area (TPSA) is 63.6 Å². The summed E-state index contributed by atoms with van der Waals surface area (Å²) in [5, 5.41) is 0.0463. The lowest BCUT2D eigenvalue weighted by Crippen LogP contribution is -2.12. The summed E-state index contributed by atoms with van der Waals surface area (Å²) in [5.74, 6) is 0. The van der Waals surface area contributed by atoms with E-state index in [9.17, 15) is 4.79 Å². The molecule has 4 aromatic rings. The summed E-state index contributed by atoms with van der Waals surface area (Å²) in [6, 6.07) is 18.4. The largest absolute Gasteiger partial charge is 0.320 e. The van der Waals surface area contributed by atoms with E-state index in [1.807, 2.05) is 30.3 Å². The molecule has 0 aliphatic carbocycles. The van der Waals surface area contributed by atoms with Crippen LogP contribution in [0.15, 0.2) is 65.7 Å². The Morgan fingerprint density at radius 2 is 1.71 bits per heavy atom. The van der Waals surface area contributed by atoms with Crippen LogP contribution in [0.25, 0.3) is 22.3 Å². The monoisotopic (exact) mass is 336 g/mol. The van der Waals surface area contributed by atoms with Crippen LogP contribution >= 0.6 is 11.6 Å². The van der Waals surface area contributed by atoms with E-state index in [2.05, 4.69) is 39.2 Å². The maximum absolute atomic E-state index is 12.1. The van der Waals surface area contributed by atoms with Crippen LogP contribution in [0.3, 0.4) is 0 Å². The summed E-state index contributed by atoms with van der Waals surface area (Å²) >= 11 is 5.75. The second-order valence-corrected chi connectivity index (χ2v) is 5.82. The van der Waals surface area contributed by atoms with E-state index >= 15 is 0 Å². The van der Waals surface area contributed by atoms with Gasteiger partial charge in [-0.3, -0.25) is 9.78 Å². The fourth-order valence-corrected chi connectivity index (χ4v) is 2.87. The van der Waals surface area contributed by atoms with Crippen molar-refractivity contribution in [2.24, 2.45) is 0 Å². The average Bonchev–Trinajstić information content (AvgIpc) is 2.99. The number of aromatic amines is 1. The molecular weight excluding hydrogens is 324 g/mol. The van der Waals surface area contributed by atoms with Crippen LogP contribution in [0.5, 0.6) is 0 Å². The molecule has 0 saturated carbocycles. The van der Waals surface area contributed by atoms with E-state index < -0.39 is 0 Å². The molecule has 2 heterocycles. The zero-order valence-electron chi connectivity index (χ0n) is 12.6. The summed E-state index contributed by atoms with van der Waals surface area (Å²) in [7, 11) is 0. The molecule has 0 fully saturated rings. The molecule has 6 heteroatoms. The van der Waals surface area contributed by atoms with E-state index in [4.69, 9.17) is 11.6 Å². The number of hydrogen-bond acceptors (Lipinski definition) is 3. The molecule has 0 aliphatic rings. The predicted octanol–water partition coefficient (Wildman–Crippen LogP) is 3.49. The molecule has 0 radical (unpaired) electrons. The fourth-order valence-electron chi connectivity index (χ4n) is 2.71. The standard InChI is InChI=1S/C18H13ClN4O/c19-18-21-16-15(17(24)22-18)23(11-20-16)10-12-6-8-14(9-7-12)13-4-2-1-3-5-13/h1-9,11H,10H2,(H,21,22,24). The first-order chi connectivity index (χ1) is 11.7. The zero-order chi connectivity index (χ0) is 16.5. The van der Waals surface area contributed by atoms with Crippen LogP contribution in [-0.4, -0.2) is 19.5 Å². The SMILES string of the molecule is O=c1[nH]c(Cl)nc2ncn(Cc3ccc(-c4ccccc4)cc3)c12. The van der Waals surface area contributed by atoms with Crippen molar-refractivity contribution >= 4 is 22.8 Å². The summed E-state index contributed by atoms with van der Waals surface area (Å²) in [5.41, 5.74) is 3.89. The Kier molecular flexibility index (Phi) is 3.63. The highest BCUT2D eigenvalue weighted by Crippen LogP contribution is 2.20. The number of imidazole rings is 1. The van der Waals surface area contributed by atoms with Crippen molar-refractivity contribution in [1.29, 1.82) is 0 Å². The fraction of sp³-hybridized carbons (Fsp3) is 0.0556. The maximum atomic E-state index is 12.1. The lowest BCUT2D eigenvalue weighted by molar-refractivity contribution is 0.819. The minimum atomic E-state index is -0.289. The van der Waals surface area contributed by atoms with Crippen LogP contribution < -0.4 is 5.56 Å². The summed E-state index contributed by atoms with van der Waals surface area (Å²) in [4.78, 5) is 22.7. The van der Waals surface area contributed by atoms with Gasteiger partial charge < -0.3 is 4.57 Å². The lowest BCUT2D eigenvalue weighted by Gasteiger charge is -2.06. The molecule has 2 aromatic heterocycles. The van der Waals surface area contributed by atoms with Gasteiger partial charge in [-0.15, -0.1) is 0 Å². The van der Waals surface area contributed by atoms with Crippen molar-refractivity contribution in [3.63, 3.8) is 0 Å². The molecule has 4 rings (SSSR count). The van der Waals surface area contributed by atoms with Crippen LogP contribution in [0.2, 0.25) is 5.28 Å². The minimum Gasteiger partial charge on any atom is -0.320 e. The van der Waals surface area contributed by atoms with Crippen molar-refractivity contribution in [1.82, 2.24) is 19.5 Å². The van der Waals surface area contributed by atoms with E-state index in [0.717, 1.165) is 11.1 Å². The molecule has 0 aliphatic heterocycles. The molecule has 1 N–H and O–H groups in total. The van der Waals surface area contributed by atoms with Crippen molar-refractivity contribution in [2.45, 2.75) is 6.54 Å². The first-order valence-electron chi connectivity index (χ1n) is 7.46. The highest BCUT2D eigenvalue weighted by molar-refractivity contribution is 6.28. The van der Waals surface area contributed by atoms with Crippen LogP contribution in [0.4, 0.5) is 0 Å². The Morgan fingerprint density at radius 3 is 2.46 bits per heavy atom. The lowest BCUT2D eigenvalue weighted by atomic mass is 10.0. The number of H-pyrrole nitrogens is 1. The molecule has 0 bridgehead atoms. The smallest absolute Gasteiger partial charge is 0.278 e. The number of aromatic nitrogens is 4. The van der Waals surface area contributed by atoms with E-state index in [-0.39, 0.29) is 10.8 Å². The molecule has 0 spiro atoms. The summed E-state index contributed by atoms with van der Waals surface area (Å²) < 4.78 is 1.77. The Balaban J connectivity index is 1.66. The minimum absolute atomic E-state index is 0.0463. The van der Waals surface area contributed by atoms with Gasteiger partial charge in [0.1, 0.15) is 0 Å². The van der Waals surface area contributed by atoms with Crippen molar-refractivity contribution in [3.05, 3.63) is 82.1 Å². The zero-order valence-corrected chi connectivity index (χ0v) is 13.4. The van der Waals surface area contributed by atoms with E-state index in [1.54, 1.807) is 10.9 Å². The Morgan fingerprint density at radius 1 is 1.00 bits per heavy atom. The molecule has 0 atom stereocenters. The average molecular weight is 337 g/mol. The first-order valence-corrected chi connectivity index (χ1v) is 7.83. The van der Waals surface area contributed by atoms with Gasteiger partial charge in [0.2, 0.25) is 5.28 Å². The van der Waals surface area contributed by atoms with Crippen molar-refractivity contribution in [3.8, 4) is 11.1 Å². The van der Waals surface area contributed by atoms with Gasteiger partial charge in [-0.2, -0.15) is 4.98 Å². The molecule has 118 valence electrons. The van der Waals surface area contributed by atoms with Gasteiger partial charge in [-0.05, 0) is 28.3 Å². The normalized spacial score (nSPS) is 11.0. The molecule has 24 heavy (non-hydrogen) atoms. The van der Waals surface area contributed by atoms with E-state index in [1.165, 1.54) is 5.56 Å². The van der Waals surface area contributed by atoms with Crippen LogP contribution in [0, 0.1) is 0 Å². The molecule has 0 amide bonds. The molecule has 0 unspecified atom stereocenters. The molecule has 0 saturated heterocycles.